The summed E-state index contributed by atoms with van der Waals surface area (Å²) in [6, 6.07) is 5.94. The second-order valence-corrected chi connectivity index (χ2v) is 6.84. The summed E-state index contributed by atoms with van der Waals surface area (Å²) < 4.78 is 1.72. The van der Waals surface area contributed by atoms with E-state index in [9.17, 15) is 9.59 Å². The van der Waals surface area contributed by atoms with Crippen molar-refractivity contribution in [2.45, 2.75) is 26.8 Å². The maximum absolute atomic E-state index is 12.8. The van der Waals surface area contributed by atoms with Crippen molar-refractivity contribution in [1.29, 1.82) is 0 Å². The molecule has 1 fully saturated rings. The molecule has 0 aliphatic carbocycles. The van der Waals surface area contributed by atoms with Crippen molar-refractivity contribution in [2.24, 2.45) is 13.0 Å². The van der Waals surface area contributed by atoms with Gasteiger partial charge >= 0.3 is 0 Å². The number of hydrogen-bond acceptors (Lipinski definition) is 3. The van der Waals surface area contributed by atoms with Gasteiger partial charge in [-0.05, 0) is 31.0 Å². The van der Waals surface area contributed by atoms with E-state index in [0.717, 1.165) is 22.4 Å². The fourth-order valence-electron chi connectivity index (χ4n) is 3.35. The lowest BCUT2D eigenvalue weighted by atomic mass is 10.1. The maximum atomic E-state index is 12.8. The van der Waals surface area contributed by atoms with E-state index in [2.05, 4.69) is 5.10 Å². The summed E-state index contributed by atoms with van der Waals surface area (Å²) in [5, 5.41) is 4.12. The highest BCUT2D eigenvalue weighted by Crippen LogP contribution is 2.30. The lowest BCUT2D eigenvalue weighted by Gasteiger charge is -2.22. The molecule has 3 rings (SSSR count). The number of carbonyl (C=O) groups is 2. The standard InChI is InChI=1S/C19H24N4O2/c1-13-6-5-7-17(14(13)2)23-12-16(8-18(23)24)19(25)21(3)10-15-9-20-22(4)11-15/h5-7,9,11,16H,8,10,12H2,1-4H3/t16-/m0/s1. The number of rotatable bonds is 4. The third kappa shape index (κ3) is 3.43. The Morgan fingerprint density at radius 1 is 1.36 bits per heavy atom. The summed E-state index contributed by atoms with van der Waals surface area (Å²) in [6.45, 7) is 4.99. The average Bonchev–Trinajstić information content (AvgIpc) is 3.15. The molecule has 0 saturated carbocycles. The number of anilines is 1. The molecule has 2 heterocycles. The van der Waals surface area contributed by atoms with Crippen molar-refractivity contribution in [2.75, 3.05) is 18.5 Å². The smallest absolute Gasteiger partial charge is 0.228 e. The molecule has 0 radical (unpaired) electrons. The van der Waals surface area contributed by atoms with Gasteiger partial charge in [-0.2, -0.15) is 5.10 Å². The number of benzene rings is 1. The Morgan fingerprint density at radius 2 is 2.12 bits per heavy atom. The number of aromatic nitrogens is 2. The number of aryl methyl sites for hydroxylation is 2. The Bertz CT molecular complexity index is 812. The molecule has 6 nitrogen and oxygen atoms in total. The molecule has 132 valence electrons. The number of nitrogens with zero attached hydrogens (tertiary/aromatic N) is 4. The van der Waals surface area contributed by atoms with E-state index >= 15 is 0 Å². The largest absolute Gasteiger partial charge is 0.341 e. The lowest BCUT2D eigenvalue weighted by Crippen LogP contribution is -2.34. The fourth-order valence-corrected chi connectivity index (χ4v) is 3.35. The van der Waals surface area contributed by atoms with Crippen LogP contribution >= 0.6 is 0 Å². The molecule has 2 amide bonds. The first-order valence-electron chi connectivity index (χ1n) is 8.46. The molecule has 1 aromatic carbocycles. The van der Waals surface area contributed by atoms with Crippen LogP contribution in [0.4, 0.5) is 5.69 Å². The zero-order chi connectivity index (χ0) is 18.1. The summed E-state index contributed by atoms with van der Waals surface area (Å²) >= 11 is 0. The second kappa shape index (κ2) is 6.70. The summed E-state index contributed by atoms with van der Waals surface area (Å²) in [5.41, 5.74) is 4.13. The average molecular weight is 340 g/mol. The van der Waals surface area contributed by atoms with Crippen molar-refractivity contribution in [3.05, 3.63) is 47.3 Å². The normalized spacial score (nSPS) is 17.2. The molecule has 1 aliphatic heterocycles. The quantitative estimate of drug-likeness (QED) is 0.856. The summed E-state index contributed by atoms with van der Waals surface area (Å²) in [5.74, 6) is -0.277. The van der Waals surface area contributed by atoms with Crippen molar-refractivity contribution in [3.63, 3.8) is 0 Å². The lowest BCUT2D eigenvalue weighted by molar-refractivity contribution is -0.135. The first-order chi connectivity index (χ1) is 11.9. The molecular formula is C19H24N4O2. The number of hydrogen-bond donors (Lipinski definition) is 0. The Kier molecular flexibility index (Phi) is 4.61. The van der Waals surface area contributed by atoms with Crippen LogP contribution in [0.15, 0.2) is 30.6 Å². The van der Waals surface area contributed by atoms with Gasteiger partial charge in [0.05, 0.1) is 12.1 Å². The predicted octanol–water partition coefficient (Wildman–Crippen LogP) is 2.05. The van der Waals surface area contributed by atoms with Crippen LogP contribution in [0.1, 0.15) is 23.1 Å². The van der Waals surface area contributed by atoms with E-state index in [4.69, 9.17) is 0 Å². The molecule has 0 bridgehead atoms. The van der Waals surface area contributed by atoms with Gasteiger partial charge in [-0.3, -0.25) is 14.3 Å². The van der Waals surface area contributed by atoms with Crippen LogP contribution in [0.25, 0.3) is 0 Å². The molecule has 1 saturated heterocycles. The number of amides is 2. The zero-order valence-electron chi connectivity index (χ0n) is 15.2. The monoisotopic (exact) mass is 340 g/mol. The Labute approximate surface area is 148 Å². The molecule has 1 aliphatic rings. The second-order valence-electron chi connectivity index (χ2n) is 6.84. The predicted molar refractivity (Wildman–Crippen MR) is 96.1 cm³/mol. The highest BCUT2D eigenvalue weighted by Gasteiger charge is 2.37. The van der Waals surface area contributed by atoms with Crippen LogP contribution in [-0.2, 0) is 23.2 Å². The van der Waals surface area contributed by atoms with E-state index in [0.29, 0.717) is 13.1 Å². The third-order valence-corrected chi connectivity index (χ3v) is 4.90. The van der Waals surface area contributed by atoms with Gasteiger partial charge in [0.25, 0.3) is 0 Å². The highest BCUT2D eigenvalue weighted by molar-refractivity contribution is 6.00. The molecule has 0 unspecified atom stereocenters. The third-order valence-electron chi connectivity index (χ3n) is 4.90. The van der Waals surface area contributed by atoms with E-state index in [-0.39, 0.29) is 24.2 Å². The molecule has 2 aromatic rings. The Hall–Kier alpha value is -2.63. The minimum Gasteiger partial charge on any atom is -0.341 e. The van der Waals surface area contributed by atoms with E-state index < -0.39 is 0 Å². The molecule has 0 spiro atoms. The SMILES string of the molecule is Cc1cccc(N2C[C@@H](C(=O)N(C)Cc3cnn(C)c3)CC2=O)c1C. The minimum atomic E-state index is -0.297. The molecule has 25 heavy (non-hydrogen) atoms. The molecule has 0 N–H and O–H groups in total. The van der Waals surface area contributed by atoms with Gasteiger partial charge in [0.15, 0.2) is 0 Å². The van der Waals surface area contributed by atoms with Gasteiger partial charge < -0.3 is 9.80 Å². The van der Waals surface area contributed by atoms with Crippen LogP contribution < -0.4 is 4.90 Å². The number of carbonyl (C=O) groups excluding carboxylic acids is 2. The zero-order valence-corrected chi connectivity index (χ0v) is 15.2. The maximum Gasteiger partial charge on any atom is 0.228 e. The van der Waals surface area contributed by atoms with Gasteiger partial charge in [0.2, 0.25) is 11.8 Å². The summed E-state index contributed by atoms with van der Waals surface area (Å²) in [4.78, 5) is 28.7. The van der Waals surface area contributed by atoms with Gasteiger partial charge in [-0.25, -0.2) is 0 Å². The van der Waals surface area contributed by atoms with Gasteiger partial charge in [0, 0.05) is 51.1 Å². The van der Waals surface area contributed by atoms with Gasteiger partial charge in [-0.1, -0.05) is 12.1 Å². The molecular weight excluding hydrogens is 316 g/mol. The van der Waals surface area contributed by atoms with Gasteiger partial charge in [0.1, 0.15) is 0 Å². The highest BCUT2D eigenvalue weighted by atomic mass is 16.2. The molecule has 6 heteroatoms. The van der Waals surface area contributed by atoms with Crippen molar-refractivity contribution in [3.8, 4) is 0 Å². The first kappa shape index (κ1) is 17.2. The van der Waals surface area contributed by atoms with E-state index in [1.54, 1.807) is 27.7 Å². The Balaban J connectivity index is 1.71. The Morgan fingerprint density at radius 3 is 2.80 bits per heavy atom. The van der Waals surface area contributed by atoms with Crippen LogP contribution in [0.2, 0.25) is 0 Å². The minimum absolute atomic E-state index is 0.00464. The van der Waals surface area contributed by atoms with Crippen LogP contribution in [0.3, 0.4) is 0 Å². The summed E-state index contributed by atoms with van der Waals surface area (Å²) in [6.07, 6.45) is 3.92. The van der Waals surface area contributed by atoms with Crippen molar-refractivity contribution >= 4 is 17.5 Å². The van der Waals surface area contributed by atoms with Gasteiger partial charge in [-0.15, -0.1) is 0 Å². The van der Waals surface area contributed by atoms with Crippen LogP contribution in [0, 0.1) is 19.8 Å². The van der Waals surface area contributed by atoms with Crippen LogP contribution in [0.5, 0.6) is 0 Å². The van der Waals surface area contributed by atoms with Crippen molar-refractivity contribution < 1.29 is 9.59 Å². The summed E-state index contributed by atoms with van der Waals surface area (Å²) in [7, 11) is 3.63. The molecule has 1 aromatic heterocycles. The fraction of sp³-hybridized carbons (Fsp3) is 0.421. The van der Waals surface area contributed by atoms with E-state index in [1.807, 2.05) is 45.3 Å². The first-order valence-corrected chi connectivity index (χ1v) is 8.46. The topological polar surface area (TPSA) is 58.4 Å². The molecule has 1 atom stereocenters. The van der Waals surface area contributed by atoms with E-state index in [1.165, 1.54) is 0 Å². The van der Waals surface area contributed by atoms with Crippen LogP contribution in [-0.4, -0.2) is 40.1 Å². The van der Waals surface area contributed by atoms with Crippen molar-refractivity contribution in [1.82, 2.24) is 14.7 Å².